The van der Waals surface area contributed by atoms with Crippen molar-refractivity contribution in [1.29, 1.82) is 0 Å². The Labute approximate surface area is 225 Å². The number of aromatic nitrogens is 1. The van der Waals surface area contributed by atoms with E-state index in [0.29, 0.717) is 22.0 Å². The summed E-state index contributed by atoms with van der Waals surface area (Å²) >= 11 is 7.65. The van der Waals surface area contributed by atoms with E-state index in [-0.39, 0.29) is 30.4 Å². The molecule has 0 aliphatic heterocycles. The van der Waals surface area contributed by atoms with Crippen molar-refractivity contribution in [1.82, 2.24) is 20.9 Å². The van der Waals surface area contributed by atoms with Crippen molar-refractivity contribution >= 4 is 40.7 Å². The summed E-state index contributed by atoms with van der Waals surface area (Å²) in [6.07, 6.45) is 0.233. The first-order valence-electron chi connectivity index (χ1n) is 11.9. The average Bonchev–Trinajstić information content (AvgIpc) is 3.34. The molecule has 1 aromatic heterocycles. The minimum Gasteiger partial charge on any atom is -0.489 e. The number of likely N-dealkylation sites (N-methyl/N-ethyl adjacent to an activating group) is 1. The number of hydrogen-bond acceptors (Lipinski definition) is 6. The van der Waals surface area contributed by atoms with Gasteiger partial charge in [-0.2, -0.15) is 0 Å². The molecule has 3 rings (SSSR count). The smallest absolute Gasteiger partial charge is 0.270 e. The van der Waals surface area contributed by atoms with E-state index in [9.17, 15) is 14.4 Å². The highest BCUT2D eigenvalue weighted by atomic mass is 35.5. The zero-order chi connectivity index (χ0) is 27.1. The van der Waals surface area contributed by atoms with Crippen LogP contribution in [0.2, 0.25) is 5.02 Å². The van der Waals surface area contributed by atoms with Crippen molar-refractivity contribution < 1.29 is 19.1 Å². The Bertz CT molecular complexity index is 1260. The van der Waals surface area contributed by atoms with Crippen molar-refractivity contribution in [2.24, 2.45) is 0 Å². The maximum atomic E-state index is 12.9. The molecule has 196 valence electrons. The SMILES string of the molecule is CNC(=O)[C@H](Cc1ccc(-c2nc(C(=O)NC(C)C)cs2)cc1)NC(=O)c1ccc(OC(C)C)c(Cl)c1. The molecule has 0 bridgehead atoms. The zero-order valence-electron chi connectivity index (χ0n) is 21.4. The van der Waals surface area contributed by atoms with Crippen LogP contribution in [0.3, 0.4) is 0 Å². The Kier molecular flexibility index (Phi) is 9.66. The van der Waals surface area contributed by atoms with E-state index in [0.717, 1.165) is 16.1 Å². The highest BCUT2D eigenvalue weighted by Crippen LogP contribution is 2.27. The Morgan fingerprint density at radius 2 is 1.70 bits per heavy atom. The van der Waals surface area contributed by atoms with E-state index in [4.69, 9.17) is 16.3 Å². The van der Waals surface area contributed by atoms with Crippen LogP contribution in [0.25, 0.3) is 10.6 Å². The molecule has 10 heteroatoms. The highest BCUT2D eigenvalue weighted by molar-refractivity contribution is 7.13. The molecule has 0 unspecified atom stereocenters. The van der Waals surface area contributed by atoms with E-state index in [1.807, 2.05) is 52.0 Å². The summed E-state index contributed by atoms with van der Waals surface area (Å²) in [6.45, 7) is 7.56. The molecule has 0 aliphatic carbocycles. The molecule has 0 saturated heterocycles. The van der Waals surface area contributed by atoms with Crippen molar-refractivity contribution in [3.63, 3.8) is 0 Å². The van der Waals surface area contributed by atoms with Gasteiger partial charge >= 0.3 is 0 Å². The third kappa shape index (κ3) is 7.77. The minimum atomic E-state index is -0.792. The summed E-state index contributed by atoms with van der Waals surface area (Å²) in [7, 11) is 1.52. The second-order valence-corrected chi connectivity index (χ2v) is 10.3. The molecule has 8 nitrogen and oxygen atoms in total. The maximum absolute atomic E-state index is 12.9. The Hall–Kier alpha value is -3.43. The van der Waals surface area contributed by atoms with Gasteiger partial charge in [0.15, 0.2) is 0 Å². The molecule has 1 heterocycles. The Balaban J connectivity index is 1.70. The van der Waals surface area contributed by atoms with Crippen LogP contribution in [0.4, 0.5) is 0 Å². The molecule has 3 amide bonds. The normalized spacial score (nSPS) is 11.8. The third-order valence-electron chi connectivity index (χ3n) is 5.22. The Morgan fingerprint density at radius 3 is 2.30 bits per heavy atom. The van der Waals surface area contributed by atoms with Gasteiger partial charge in [-0.3, -0.25) is 14.4 Å². The molecule has 0 radical (unpaired) electrons. The van der Waals surface area contributed by atoms with Crippen LogP contribution < -0.4 is 20.7 Å². The first-order chi connectivity index (χ1) is 17.6. The molecule has 1 atom stereocenters. The van der Waals surface area contributed by atoms with Gasteiger partial charge in [0.05, 0.1) is 11.1 Å². The van der Waals surface area contributed by atoms with E-state index in [1.54, 1.807) is 17.5 Å². The summed E-state index contributed by atoms with van der Waals surface area (Å²) in [6, 6.07) is 11.5. The fraction of sp³-hybridized carbons (Fsp3) is 0.333. The molecule has 0 aliphatic rings. The molecule has 37 heavy (non-hydrogen) atoms. The fourth-order valence-corrected chi connectivity index (χ4v) is 4.51. The van der Waals surface area contributed by atoms with E-state index < -0.39 is 11.9 Å². The van der Waals surface area contributed by atoms with Crippen molar-refractivity contribution in [3.05, 3.63) is 69.7 Å². The lowest BCUT2D eigenvalue weighted by Crippen LogP contribution is -2.47. The van der Waals surface area contributed by atoms with Gasteiger partial charge in [0.2, 0.25) is 5.91 Å². The van der Waals surface area contributed by atoms with Crippen LogP contribution in [0.15, 0.2) is 47.8 Å². The van der Waals surface area contributed by atoms with Crippen LogP contribution >= 0.6 is 22.9 Å². The number of nitrogens with one attached hydrogen (secondary N) is 3. The number of ether oxygens (including phenoxy) is 1. The predicted molar refractivity (Wildman–Crippen MR) is 146 cm³/mol. The van der Waals surface area contributed by atoms with Crippen molar-refractivity contribution in [2.75, 3.05) is 7.05 Å². The molecule has 2 aromatic carbocycles. The number of halogens is 1. The average molecular weight is 543 g/mol. The highest BCUT2D eigenvalue weighted by Gasteiger charge is 2.22. The third-order valence-corrected chi connectivity index (χ3v) is 6.41. The van der Waals surface area contributed by atoms with Gasteiger partial charge in [0, 0.05) is 36.0 Å². The molecular formula is C27H31ClN4O4S. The number of thiazole rings is 1. The second kappa shape index (κ2) is 12.7. The summed E-state index contributed by atoms with van der Waals surface area (Å²) < 4.78 is 5.61. The quantitative estimate of drug-likeness (QED) is 0.350. The summed E-state index contributed by atoms with van der Waals surface area (Å²) in [5, 5.41) is 11.0. The maximum Gasteiger partial charge on any atom is 0.270 e. The number of benzene rings is 2. The van der Waals surface area contributed by atoms with Gasteiger partial charge in [-0.25, -0.2) is 4.98 Å². The van der Waals surface area contributed by atoms with Crippen LogP contribution in [0.1, 0.15) is 54.1 Å². The molecule has 0 saturated carbocycles. The van der Waals surface area contributed by atoms with Gasteiger partial charge in [0.1, 0.15) is 22.5 Å². The number of carbonyl (C=O) groups is 3. The van der Waals surface area contributed by atoms with E-state index in [1.165, 1.54) is 24.5 Å². The standard InChI is InChI=1S/C27H31ClN4O4S/c1-15(2)30-26(35)22-14-37-27(32-22)18-8-6-17(7-9-18)12-21(25(34)29-5)31-24(33)19-10-11-23(20(28)13-19)36-16(3)4/h6-11,13-16,21H,12H2,1-5H3,(H,29,34)(H,30,35)(H,31,33)/t21-/m0/s1. The first kappa shape index (κ1) is 28.1. The number of amides is 3. The van der Waals surface area contributed by atoms with Crippen molar-refractivity contribution in [2.45, 2.75) is 52.3 Å². The molecule has 0 fully saturated rings. The fourth-order valence-electron chi connectivity index (χ4n) is 3.48. The van der Waals surface area contributed by atoms with Crippen LogP contribution in [-0.4, -0.2) is 47.9 Å². The van der Waals surface area contributed by atoms with Crippen LogP contribution in [0, 0.1) is 0 Å². The van der Waals surface area contributed by atoms with Gasteiger partial charge in [0.25, 0.3) is 11.8 Å². The summed E-state index contributed by atoms with van der Waals surface area (Å²) in [4.78, 5) is 42.0. The molecule has 0 spiro atoms. The first-order valence-corrected chi connectivity index (χ1v) is 13.2. The largest absolute Gasteiger partial charge is 0.489 e. The van der Waals surface area contributed by atoms with Gasteiger partial charge < -0.3 is 20.7 Å². The number of nitrogens with zero attached hydrogens (tertiary/aromatic N) is 1. The lowest BCUT2D eigenvalue weighted by molar-refractivity contribution is -0.122. The molecule has 3 N–H and O–H groups in total. The van der Waals surface area contributed by atoms with E-state index >= 15 is 0 Å². The van der Waals surface area contributed by atoms with E-state index in [2.05, 4.69) is 20.9 Å². The van der Waals surface area contributed by atoms with Crippen LogP contribution in [-0.2, 0) is 11.2 Å². The topological polar surface area (TPSA) is 109 Å². The lowest BCUT2D eigenvalue weighted by Gasteiger charge is -2.18. The minimum absolute atomic E-state index is 0.0286. The van der Waals surface area contributed by atoms with Gasteiger partial charge in [-0.05, 0) is 51.5 Å². The van der Waals surface area contributed by atoms with Crippen molar-refractivity contribution in [3.8, 4) is 16.3 Å². The monoisotopic (exact) mass is 542 g/mol. The molecule has 3 aromatic rings. The number of hydrogen-bond donors (Lipinski definition) is 3. The zero-order valence-corrected chi connectivity index (χ0v) is 23.0. The Morgan fingerprint density at radius 1 is 1.00 bits per heavy atom. The van der Waals surface area contributed by atoms with Crippen LogP contribution in [0.5, 0.6) is 5.75 Å². The van der Waals surface area contributed by atoms with Gasteiger partial charge in [-0.15, -0.1) is 11.3 Å². The second-order valence-electron chi connectivity index (χ2n) is 9.02. The summed E-state index contributed by atoms with van der Waals surface area (Å²) in [5.41, 5.74) is 2.41. The number of carbonyl (C=O) groups excluding carboxylic acids is 3. The number of rotatable bonds is 10. The summed E-state index contributed by atoms with van der Waals surface area (Å²) in [5.74, 6) is -0.451. The molecular weight excluding hydrogens is 512 g/mol. The van der Waals surface area contributed by atoms with Gasteiger partial charge in [-0.1, -0.05) is 35.9 Å². The predicted octanol–water partition coefficient (Wildman–Crippen LogP) is 4.48. The lowest BCUT2D eigenvalue weighted by atomic mass is 10.0.